The van der Waals surface area contributed by atoms with Crippen LogP contribution in [0, 0.1) is 5.92 Å². The number of pyridine rings is 1. The number of amides is 3. The van der Waals surface area contributed by atoms with Crippen molar-refractivity contribution in [2.75, 3.05) is 26.7 Å². The zero-order valence-electron chi connectivity index (χ0n) is 20.3. The van der Waals surface area contributed by atoms with Gasteiger partial charge in [-0.1, -0.05) is 38.3 Å². The number of fused-ring (bicyclic) bond motifs is 1. The molecule has 3 rings (SSSR count). The molecule has 33 heavy (non-hydrogen) atoms. The molecule has 0 spiro atoms. The van der Waals surface area contributed by atoms with Crippen molar-refractivity contribution in [2.45, 2.75) is 71.1 Å². The maximum absolute atomic E-state index is 13.3. The van der Waals surface area contributed by atoms with Gasteiger partial charge in [-0.25, -0.2) is 9.78 Å². The fourth-order valence-corrected chi connectivity index (χ4v) is 4.50. The molecule has 3 amide bonds. The number of carbonyl (C=O) groups is 2. The van der Waals surface area contributed by atoms with Crippen LogP contribution in [0.3, 0.4) is 0 Å². The molecule has 0 aromatic carbocycles. The third-order valence-corrected chi connectivity index (χ3v) is 6.63. The summed E-state index contributed by atoms with van der Waals surface area (Å²) in [6.45, 7) is 6.38. The Kier molecular flexibility index (Phi) is 8.72. The molecule has 1 fully saturated rings. The second kappa shape index (κ2) is 11.5. The summed E-state index contributed by atoms with van der Waals surface area (Å²) >= 11 is 0. The van der Waals surface area contributed by atoms with Crippen molar-refractivity contribution in [3.8, 4) is 5.88 Å². The summed E-state index contributed by atoms with van der Waals surface area (Å²) in [5.74, 6) is -0.0156. The van der Waals surface area contributed by atoms with Crippen molar-refractivity contribution < 1.29 is 19.4 Å². The fourth-order valence-electron chi connectivity index (χ4n) is 4.50. The van der Waals surface area contributed by atoms with Crippen molar-refractivity contribution in [2.24, 2.45) is 5.92 Å². The molecule has 2 aliphatic rings. The summed E-state index contributed by atoms with van der Waals surface area (Å²) in [4.78, 5) is 33.9. The van der Waals surface area contributed by atoms with E-state index in [0.717, 1.165) is 31.2 Å². The van der Waals surface area contributed by atoms with Crippen LogP contribution in [0.4, 0.5) is 4.79 Å². The molecule has 0 bridgehead atoms. The molecule has 1 aliphatic carbocycles. The van der Waals surface area contributed by atoms with Crippen molar-refractivity contribution in [3.63, 3.8) is 0 Å². The van der Waals surface area contributed by atoms with Crippen LogP contribution in [0.5, 0.6) is 5.88 Å². The van der Waals surface area contributed by atoms with Crippen LogP contribution < -0.4 is 10.1 Å². The van der Waals surface area contributed by atoms with Crippen LogP contribution in [-0.2, 0) is 0 Å². The van der Waals surface area contributed by atoms with Crippen LogP contribution in [0.25, 0.3) is 6.08 Å². The van der Waals surface area contributed by atoms with E-state index in [0.29, 0.717) is 18.7 Å². The van der Waals surface area contributed by atoms with Gasteiger partial charge in [-0.05, 0) is 38.3 Å². The lowest BCUT2D eigenvalue weighted by Crippen LogP contribution is -2.52. The summed E-state index contributed by atoms with van der Waals surface area (Å²) in [7, 11) is 1.77. The number of nitrogens with zero attached hydrogens (tertiary/aromatic N) is 3. The van der Waals surface area contributed by atoms with E-state index >= 15 is 0 Å². The number of hydrogen-bond donors (Lipinski definition) is 2. The van der Waals surface area contributed by atoms with E-state index in [1.165, 1.54) is 6.42 Å². The fraction of sp³-hybridized carbons (Fsp3) is 0.640. The Hall–Kier alpha value is -2.61. The molecule has 1 aromatic heterocycles. The molecule has 1 aromatic rings. The van der Waals surface area contributed by atoms with Crippen LogP contribution in [-0.4, -0.2) is 76.8 Å². The highest BCUT2D eigenvalue weighted by Gasteiger charge is 2.34. The summed E-state index contributed by atoms with van der Waals surface area (Å²) in [6.07, 6.45) is 10.7. The van der Waals surface area contributed by atoms with E-state index < -0.39 is 0 Å². The average Bonchev–Trinajstić information content (AvgIpc) is 2.82. The maximum Gasteiger partial charge on any atom is 0.317 e. The van der Waals surface area contributed by atoms with Gasteiger partial charge in [0.15, 0.2) is 0 Å². The number of likely N-dealkylation sites (N-methyl/N-ethyl adjacent to an activating group) is 1. The first-order valence-electron chi connectivity index (χ1n) is 12.1. The lowest BCUT2D eigenvalue weighted by atomic mass is 9.96. The minimum absolute atomic E-state index is 0.0713. The van der Waals surface area contributed by atoms with Gasteiger partial charge >= 0.3 is 6.03 Å². The van der Waals surface area contributed by atoms with E-state index in [4.69, 9.17) is 4.74 Å². The summed E-state index contributed by atoms with van der Waals surface area (Å²) in [5, 5.41) is 12.9. The molecule has 2 N–H and O–H groups in total. The minimum atomic E-state index is -0.354. The highest BCUT2D eigenvalue weighted by atomic mass is 16.5. The molecule has 3 atom stereocenters. The summed E-state index contributed by atoms with van der Waals surface area (Å²) < 4.78 is 6.26. The van der Waals surface area contributed by atoms with Crippen molar-refractivity contribution >= 4 is 18.0 Å². The molecule has 2 heterocycles. The standard InChI is InChI=1S/C25H38N4O4/c1-5-9-19-12-21-23(26-13-19)33-22(17(2)14-29(24(21)31)18(3)16-30)15-28(4)25(32)27-20-10-7-6-8-11-20/h5,9,12-13,17-18,20,22,30H,6-8,10-11,14-16H2,1-4H3,(H,27,32)/b9-5+/t17-,18+,22+/m0/s1. The molecular formula is C25H38N4O4. The van der Waals surface area contributed by atoms with Gasteiger partial charge < -0.3 is 25.0 Å². The van der Waals surface area contributed by atoms with Gasteiger partial charge in [0.1, 0.15) is 11.7 Å². The average molecular weight is 459 g/mol. The SMILES string of the molecule is C/C=C/c1cnc2c(c1)C(=O)N([C@H](C)CO)C[C@H](C)[C@@H](CN(C)C(=O)NC1CCCCC1)O2. The van der Waals surface area contributed by atoms with E-state index in [-0.39, 0.29) is 48.5 Å². The van der Waals surface area contributed by atoms with Crippen molar-refractivity contribution in [1.82, 2.24) is 20.1 Å². The van der Waals surface area contributed by atoms with E-state index in [1.807, 2.05) is 32.9 Å². The Labute approximate surface area is 197 Å². The van der Waals surface area contributed by atoms with E-state index in [9.17, 15) is 14.7 Å². The molecule has 1 saturated carbocycles. The van der Waals surface area contributed by atoms with Crippen molar-refractivity contribution in [3.05, 3.63) is 29.5 Å². The Morgan fingerprint density at radius 2 is 2.12 bits per heavy atom. The normalized spacial score (nSPS) is 22.8. The van der Waals surface area contributed by atoms with Gasteiger partial charge in [0, 0.05) is 31.7 Å². The first kappa shape index (κ1) is 25.0. The van der Waals surface area contributed by atoms with Crippen LogP contribution in [0.1, 0.15) is 68.8 Å². The second-order valence-electron chi connectivity index (χ2n) is 9.41. The smallest absolute Gasteiger partial charge is 0.317 e. The number of allylic oxidation sites excluding steroid dienone is 1. The number of ether oxygens (including phenoxy) is 1. The van der Waals surface area contributed by atoms with Crippen LogP contribution >= 0.6 is 0 Å². The topological polar surface area (TPSA) is 95.0 Å². The van der Waals surface area contributed by atoms with Gasteiger partial charge in [0.05, 0.1) is 19.2 Å². The maximum atomic E-state index is 13.3. The third-order valence-electron chi connectivity index (χ3n) is 6.63. The lowest BCUT2D eigenvalue weighted by Gasteiger charge is -2.38. The number of nitrogens with one attached hydrogen (secondary N) is 1. The number of rotatable bonds is 6. The van der Waals surface area contributed by atoms with E-state index in [2.05, 4.69) is 10.3 Å². The highest BCUT2D eigenvalue weighted by molar-refractivity contribution is 5.97. The Balaban J connectivity index is 1.82. The lowest BCUT2D eigenvalue weighted by molar-refractivity contribution is 0.0351. The zero-order valence-corrected chi connectivity index (χ0v) is 20.3. The molecule has 0 saturated heterocycles. The molecule has 182 valence electrons. The molecule has 8 nitrogen and oxygen atoms in total. The third kappa shape index (κ3) is 6.25. The number of aromatic nitrogens is 1. The molecule has 0 unspecified atom stereocenters. The first-order valence-corrected chi connectivity index (χ1v) is 12.1. The molecule has 1 aliphatic heterocycles. The van der Waals surface area contributed by atoms with E-state index in [1.54, 1.807) is 29.1 Å². The molecular weight excluding hydrogens is 420 g/mol. The Bertz CT molecular complexity index is 853. The Morgan fingerprint density at radius 1 is 1.39 bits per heavy atom. The largest absolute Gasteiger partial charge is 0.472 e. The number of aliphatic hydroxyl groups excluding tert-OH is 1. The zero-order chi connectivity index (χ0) is 24.0. The summed E-state index contributed by atoms with van der Waals surface area (Å²) in [5.41, 5.74) is 1.18. The second-order valence-corrected chi connectivity index (χ2v) is 9.41. The summed E-state index contributed by atoms with van der Waals surface area (Å²) in [6, 6.07) is 1.56. The number of urea groups is 1. The van der Waals surface area contributed by atoms with Crippen LogP contribution in [0.15, 0.2) is 18.3 Å². The predicted octanol–water partition coefficient (Wildman–Crippen LogP) is 3.31. The van der Waals surface area contributed by atoms with Crippen LogP contribution in [0.2, 0.25) is 0 Å². The van der Waals surface area contributed by atoms with Gasteiger partial charge in [-0.3, -0.25) is 4.79 Å². The number of carbonyl (C=O) groups excluding carboxylic acids is 2. The Morgan fingerprint density at radius 3 is 2.79 bits per heavy atom. The van der Waals surface area contributed by atoms with Gasteiger partial charge in [0.25, 0.3) is 5.91 Å². The minimum Gasteiger partial charge on any atom is -0.472 e. The van der Waals surface area contributed by atoms with Gasteiger partial charge in [-0.15, -0.1) is 0 Å². The quantitative estimate of drug-likeness (QED) is 0.682. The first-order chi connectivity index (χ1) is 15.8. The molecule has 0 radical (unpaired) electrons. The van der Waals surface area contributed by atoms with Crippen molar-refractivity contribution in [1.29, 1.82) is 0 Å². The molecule has 8 heteroatoms. The number of aliphatic hydroxyl groups is 1. The van der Waals surface area contributed by atoms with Gasteiger partial charge in [-0.2, -0.15) is 0 Å². The predicted molar refractivity (Wildman–Crippen MR) is 128 cm³/mol. The highest BCUT2D eigenvalue weighted by Crippen LogP contribution is 2.28. The van der Waals surface area contributed by atoms with Gasteiger partial charge in [0.2, 0.25) is 5.88 Å². The number of hydrogen-bond acceptors (Lipinski definition) is 5. The monoisotopic (exact) mass is 458 g/mol.